The molecule has 200 valence electrons. The van der Waals surface area contributed by atoms with E-state index in [-0.39, 0.29) is 17.2 Å². The first kappa shape index (κ1) is 25.9. The molecule has 38 heavy (non-hydrogen) atoms. The Kier molecular flexibility index (Phi) is 7.23. The van der Waals surface area contributed by atoms with Crippen LogP contribution in [0.3, 0.4) is 0 Å². The number of rotatable bonds is 5. The van der Waals surface area contributed by atoms with E-state index in [0.29, 0.717) is 17.9 Å². The highest BCUT2D eigenvalue weighted by Gasteiger charge is 2.25. The molecular weight excluding hydrogens is 476 g/mol. The topological polar surface area (TPSA) is 88.1 Å². The van der Waals surface area contributed by atoms with Gasteiger partial charge in [-0.05, 0) is 60.9 Å². The van der Waals surface area contributed by atoms with Crippen molar-refractivity contribution >= 4 is 23.6 Å². The predicted molar refractivity (Wildman–Crippen MR) is 153 cm³/mol. The molecule has 3 aliphatic rings. The number of anilines is 2. The zero-order chi connectivity index (χ0) is 26.9. The SMILES string of the molecule is Cc1ccc(C(=O)Nc2cc(C(C)(C)C)ccn2)cc1N1C=C(C2C=C(N3CCN(C)CC3)C=NC2)NN1. The second-order valence-corrected chi connectivity index (χ2v) is 11.3. The third kappa shape index (κ3) is 5.74. The van der Waals surface area contributed by atoms with Crippen molar-refractivity contribution in [2.24, 2.45) is 10.9 Å². The zero-order valence-corrected chi connectivity index (χ0v) is 23.0. The maximum Gasteiger partial charge on any atom is 0.256 e. The van der Waals surface area contributed by atoms with Gasteiger partial charge in [-0.25, -0.2) is 4.98 Å². The number of amides is 1. The number of carbonyl (C=O) groups excluding carboxylic acids is 1. The third-order valence-electron chi connectivity index (χ3n) is 7.35. The Morgan fingerprint density at radius 1 is 1.11 bits per heavy atom. The van der Waals surface area contributed by atoms with Crippen molar-refractivity contribution in [3.63, 3.8) is 0 Å². The first-order valence-electron chi connectivity index (χ1n) is 13.2. The molecule has 1 fully saturated rings. The van der Waals surface area contributed by atoms with Gasteiger partial charge in [0.05, 0.1) is 23.6 Å². The zero-order valence-electron chi connectivity index (χ0n) is 23.0. The molecule has 2 aromatic rings. The largest absolute Gasteiger partial charge is 0.368 e. The van der Waals surface area contributed by atoms with E-state index in [2.05, 4.69) is 76.1 Å². The number of dihydropyridines is 1. The van der Waals surface area contributed by atoms with Gasteiger partial charge < -0.3 is 20.5 Å². The van der Waals surface area contributed by atoms with E-state index >= 15 is 0 Å². The van der Waals surface area contributed by atoms with Crippen molar-refractivity contribution < 1.29 is 4.79 Å². The van der Waals surface area contributed by atoms with Crippen LogP contribution in [-0.2, 0) is 5.41 Å². The van der Waals surface area contributed by atoms with Crippen LogP contribution in [0.4, 0.5) is 11.5 Å². The van der Waals surface area contributed by atoms with Crippen LogP contribution in [0.1, 0.15) is 42.3 Å². The highest BCUT2D eigenvalue weighted by atomic mass is 16.1. The molecule has 0 saturated carbocycles. The second kappa shape index (κ2) is 10.6. The van der Waals surface area contributed by atoms with E-state index < -0.39 is 0 Å². The van der Waals surface area contributed by atoms with Crippen molar-refractivity contribution in [2.45, 2.75) is 33.1 Å². The van der Waals surface area contributed by atoms with Crippen molar-refractivity contribution in [3.8, 4) is 0 Å². The maximum absolute atomic E-state index is 13.1. The van der Waals surface area contributed by atoms with E-state index in [4.69, 9.17) is 0 Å². The molecule has 1 aromatic carbocycles. The van der Waals surface area contributed by atoms with Gasteiger partial charge in [-0.3, -0.25) is 14.8 Å². The normalized spacial score (nSPS) is 20.2. The first-order valence-corrected chi connectivity index (χ1v) is 13.2. The van der Waals surface area contributed by atoms with Crippen LogP contribution in [0, 0.1) is 12.8 Å². The summed E-state index contributed by atoms with van der Waals surface area (Å²) in [6, 6.07) is 9.63. The highest BCUT2D eigenvalue weighted by molar-refractivity contribution is 6.04. The number of benzene rings is 1. The summed E-state index contributed by atoms with van der Waals surface area (Å²) in [5.41, 5.74) is 12.4. The summed E-state index contributed by atoms with van der Waals surface area (Å²) in [5.74, 6) is 0.510. The predicted octanol–water partition coefficient (Wildman–Crippen LogP) is 3.44. The van der Waals surface area contributed by atoms with E-state index in [1.54, 1.807) is 6.20 Å². The van der Waals surface area contributed by atoms with Gasteiger partial charge in [-0.15, -0.1) is 5.53 Å². The van der Waals surface area contributed by atoms with Gasteiger partial charge in [0, 0.05) is 56.3 Å². The number of hydrogen-bond acceptors (Lipinski definition) is 8. The van der Waals surface area contributed by atoms with Gasteiger partial charge in [0.1, 0.15) is 5.82 Å². The summed E-state index contributed by atoms with van der Waals surface area (Å²) >= 11 is 0. The summed E-state index contributed by atoms with van der Waals surface area (Å²) in [6.45, 7) is 13.3. The van der Waals surface area contributed by atoms with Crippen LogP contribution in [0.2, 0.25) is 0 Å². The van der Waals surface area contributed by atoms with E-state index in [1.165, 1.54) is 5.70 Å². The maximum atomic E-state index is 13.1. The molecule has 3 N–H and O–H groups in total. The Morgan fingerprint density at radius 3 is 2.66 bits per heavy atom. The molecule has 1 atom stereocenters. The number of allylic oxidation sites excluding steroid dienone is 1. The number of aliphatic imine (C=N–C) groups is 1. The lowest BCUT2D eigenvalue weighted by Gasteiger charge is -2.35. The molecule has 0 bridgehead atoms. The minimum absolute atomic E-state index is 0.0258. The lowest BCUT2D eigenvalue weighted by Crippen LogP contribution is -2.44. The quantitative estimate of drug-likeness (QED) is 0.563. The van der Waals surface area contributed by atoms with Crippen LogP contribution in [0.15, 0.2) is 65.2 Å². The Labute approximate surface area is 225 Å². The fourth-order valence-electron chi connectivity index (χ4n) is 4.81. The Morgan fingerprint density at radius 2 is 1.89 bits per heavy atom. The van der Waals surface area contributed by atoms with E-state index in [9.17, 15) is 4.79 Å². The summed E-state index contributed by atoms with van der Waals surface area (Å²) in [5, 5.41) is 4.89. The number of nitrogens with zero attached hydrogens (tertiary/aromatic N) is 5. The van der Waals surface area contributed by atoms with Crippen LogP contribution < -0.4 is 21.3 Å². The van der Waals surface area contributed by atoms with E-state index in [1.807, 2.05) is 48.5 Å². The van der Waals surface area contributed by atoms with Gasteiger partial charge >= 0.3 is 0 Å². The molecule has 1 saturated heterocycles. The van der Waals surface area contributed by atoms with Crippen molar-refractivity contribution in [3.05, 3.63) is 76.9 Å². The molecule has 1 unspecified atom stereocenters. The van der Waals surface area contributed by atoms with E-state index in [0.717, 1.165) is 48.7 Å². The fourth-order valence-corrected chi connectivity index (χ4v) is 4.81. The molecule has 9 nitrogen and oxygen atoms in total. The average Bonchev–Trinajstić information content (AvgIpc) is 3.39. The van der Waals surface area contributed by atoms with Crippen molar-refractivity contribution in [1.29, 1.82) is 0 Å². The van der Waals surface area contributed by atoms with Crippen LogP contribution in [-0.4, -0.2) is 66.7 Å². The Hall–Kier alpha value is -3.69. The molecule has 0 spiro atoms. The van der Waals surface area contributed by atoms with Crippen molar-refractivity contribution in [1.82, 2.24) is 25.7 Å². The van der Waals surface area contributed by atoms with Gasteiger partial charge in [-0.2, -0.15) is 0 Å². The molecule has 1 amide bonds. The third-order valence-corrected chi connectivity index (χ3v) is 7.35. The minimum atomic E-state index is -0.192. The number of nitrogens with one attached hydrogen (secondary N) is 3. The van der Waals surface area contributed by atoms with Crippen molar-refractivity contribution in [2.75, 3.05) is 50.1 Å². The summed E-state index contributed by atoms with van der Waals surface area (Å²) in [6.07, 6.45) is 8.10. The number of likely N-dealkylation sites (N-methyl/N-ethyl adjacent to an activating group) is 1. The number of piperazine rings is 1. The van der Waals surface area contributed by atoms with Gasteiger partial charge in [-0.1, -0.05) is 26.8 Å². The molecule has 1 aromatic heterocycles. The number of aryl methyl sites for hydroxylation is 1. The average molecular weight is 515 g/mol. The van der Waals surface area contributed by atoms with Gasteiger partial charge in [0.15, 0.2) is 0 Å². The number of aromatic nitrogens is 1. The molecule has 0 radical (unpaired) electrons. The first-order chi connectivity index (χ1) is 18.2. The Bertz CT molecular complexity index is 1280. The fraction of sp³-hybridized carbons (Fsp3) is 0.414. The molecule has 4 heterocycles. The summed E-state index contributed by atoms with van der Waals surface area (Å²) in [4.78, 5) is 26.9. The van der Waals surface area contributed by atoms with Crippen LogP contribution >= 0.6 is 0 Å². The second-order valence-electron chi connectivity index (χ2n) is 11.3. The number of pyridine rings is 1. The number of carbonyl (C=O) groups is 1. The lowest BCUT2D eigenvalue weighted by atomic mass is 9.88. The number of hydrazine groups is 2. The highest BCUT2D eigenvalue weighted by Crippen LogP contribution is 2.27. The monoisotopic (exact) mass is 514 g/mol. The van der Waals surface area contributed by atoms with Gasteiger partial charge in [0.25, 0.3) is 5.91 Å². The number of hydrogen-bond donors (Lipinski definition) is 3. The Balaban J connectivity index is 1.30. The molecule has 9 heteroatoms. The smallest absolute Gasteiger partial charge is 0.256 e. The molecule has 0 aliphatic carbocycles. The molecular formula is C29H38N8O. The molecule has 3 aliphatic heterocycles. The van der Waals surface area contributed by atoms with Gasteiger partial charge in [0.2, 0.25) is 0 Å². The van der Waals surface area contributed by atoms with Crippen LogP contribution in [0.5, 0.6) is 0 Å². The standard InChI is InChI=1S/C29H38N8O/c1-20-6-7-21(28(38)32-27-16-23(8-9-31-27)29(2,3)4)15-26(20)37-19-25(33-34-37)22-14-24(18-30-17-22)36-12-10-35(5)11-13-36/h6-9,14-16,18-19,22,33-34H,10-13,17H2,1-5H3,(H,31,32,38). The minimum Gasteiger partial charge on any atom is -0.368 e. The van der Waals surface area contributed by atoms with Crippen LogP contribution in [0.25, 0.3) is 0 Å². The summed E-state index contributed by atoms with van der Waals surface area (Å²) in [7, 11) is 2.17. The molecule has 5 rings (SSSR count). The lowest BCUT2D eigenvalue weighted by molar-refractivity contribution is 0.102. The summed E-state index contributed by atoms with van der Waals surface area (Å²) < 4.78 is 0.